The number of aromatic hydroxyl groups is 1. The summed E-state index contributed by atoms with van der Waals surface area (Å²) in [6, 6.07) is 3.07. The number of phenolic OH excluding ortho intramolecular Hbond substituents is 1. The summed E-state index contributed by atoms with van der Waals surface area (Å²) < 4.78 is 1.56. The minimum absolute atomic E-state index is 0.152. The van der Waals surface area contributed by atoms with Crippen LogP contribution in [0.25, 0.3) is 0 Å². The molecule has 0 aromatic heterocycles. The third-order valence-electron chi connectivity index (χ3n) is 1.70. The van der Waals surface area contributed by atoms with E-state index in [1.54, 1.807) is 6.07 Å². The predicted molar refractivity (Wildman–Crippen MR) is 59.5 cm³/mol. The third-order valence-corrected chi connectivity index (χ3v) is 2.81. The zero-order chi connectivity index (χ0) is 10.0. The second-order valence-corrected chi connectivity index (χ2v) is 4.43. The Labute approximate surface area is 93.4 Å². The molecule has 5 N–H and O–H groups in total. The number of phenols is 1. The molecule has 72 valence electrons. The van der Waals surface area contributed by atoms with Crippen LogP contribution in [0.5, 0.6) is 5.75 Å². The fourth-order valence-electron chi connectivity index (χ4n) is 1.06. The van der Waals surface area contributed by atoms with Gasteiger partial charge in [-0.1, -0.05) is 31.9 Å². The molecule has 1 aromatic rings. The second-order valence-electron chi connectivity index (χ2n) is 2.66. The first-order valence-electron chi connectivity index (χ1n) is 3.69. The molecule has 0 saturated heterocycles. The van der Waals surface area contributed by atoms with E-state index in [0.29, 0.717) is 12.1 Å². The van der Waals surface area contributed by atoms with Crippen LogP contribution in [0.4, 0.5) is 0 Å². The minimum Gasteiger partial charge on any atom is -0.508 e. The molecule has 0 aliphatic carbocycles. The predicted octanol–water partition coefficient (Wildman–Crippen LogP) is 1.88. The standard InChI is InChI=1S/C8H10Br2N2O/c9-4-1-5(10)8(6(12)3-11)7(13)2-4/h1-2,6,13H,3,11-12H2/t6-/m1/s1. The van der Waals surface area contributed by atoms with Gasteiger partial charge in [0.15, 0.2) is 0 Å². The summed E-state index contributed by atoms with van der Waals surface area (Å²) in [5.41, 5.74) is 11.8. The van der Waals surface area contributed by atoms with Crippen molar-refractivity contribution >= 4 is 31.9 Å². The maximum Gasteiger partial charge on any atom is 0.122 e. The average molecular weight is 310 g/mol. The smallest absolute Gasteiger partial charge is 0.122 e. The molecule has 0 heterocycles. The summed E-state index contributed by atoms with van der Waals surface area (Å²) in [5.74, 6) is 0.152. The molecule has 0 spiro atoms. The van der Waals surface area contributed by atoms with Crippen LogP contribution in [0, 0.1) is 0 Å². The Morgan fingerprint density at radius 3 is 2.46 bits per heavy atom. The molecular weight excluding hydrogens is 300 g/mol. The van der Waals surface area contributed by atoms with Gasteiger partial charge in [0.05, 0.1) is 0 Å². The van der Waals surface area contributed by atoms with Crippen molar-refractivity contribution in [1.82, 2.24) is 0 Å². The summed E-state index contributed by atoms with van der Waals surface area (Å²) >= 11 is 6.57. The van der Waals surface area contributed by atoms with E-state index < -0.39 is 0 Å². The van der Waals surface area contributed by atoms with Gasteiger partial charge < -0.3 is 16.6 Å². The van der Waals surface area contributed by atoms with E-state index in [0.717, 1.165) is 8.95 Å². The third kappa shape index (κ3) is 2.43. The molecule has 1 atom stereocenters. The summed E-state index contributed by atoms with van der Waals surface area (Å²) in [7, 11) is 0. The summed E-state index contributed by atoms with van der Waals surface area (Å²) in [6.07, 6.45) is 0. The van der Waals surface area contributed by atoms with Crippen molar-refractivity contribution in [3.8, 4) is 5.75 Å². The van der Waals surface area contributed by atoms with Gasteiger partial charge in [-0.25, -0.2) is 0 Å². The average Bonchev–Trinajstić information content (AvgIpc) is 2.02. The number of nitrogens with two attached hydrogens (primary N) is 2. The lowest BCUT2D eigenvalue weighted by Crippen LogP contribution is -2.21. The van der Waals surface area contributed by atoms with Crippen molar-refractivity contribution in [2.75, 3.05) is 6.54 Å². The van der Waals surface area contributed by atoms with Gasteiger partial charge in [0.25, 0.3) is 0 Å². The highest BCUT2D eigenvalue weighted by Gasteiger charge is 2.13. The highest BCUT2D eigenvalue weighted by atomic mass is 79.9. The molecule has 0 aliphatic rings. The first-order valence-corrected chi connectivity index (χ1v) is 5.28. The summed E-state index contributed by atoms with van der Waals surface area (Å²) in [5, 5.41) is 9.58. The van der Waals surface area contributed by atoms with Crippen LogP contribution >= 0.6 is 31.9 Å². The molecule has 3 nitrogen and oxygen atoms in total. The van der Waals surface area contributed by atoms with E-state index >= 15 is 0 Å². The molecule has 0 radical (unpaired) electrons. The maximum atomic E-state index is 9.58. The molecule has 13 heavy (non-hydrogen) atoms. The van der Waals surface area contributed by atoms with E-state index in [4.69, 9.17) is 11.5 Å². The van der Waals surface area contributed by atoms with Crippen LogP contribution in [0.15, 0.2) is 21.1 Å². The molecule has 5 heteroatoms. The van der Waals surface area contributed by atoms with Crippen LogP contribution in [0.2, 0.25) is 0 Å². The topological polar surface area (TPSA) is 72.3 Å². The Bertz CT molecular complexity index is 294. The van der Waals surface area contributed by atoms with Gasteiger partial charge in [-0.3, -0.25) is 0 Å². The highest BCUT2D eigenvalue weighted by molar-refractivity contribution is 9.11. The lowest BCUT2D eigenvalue weighted by molar-refractivity contribution is 0.461. The van der Waals surface area contributed by atoms with E-state index in [2.05, 4.69) is 31.9 Å². The number of rotatable bonds is 2. The Hall–Kier alpha value is -0.100. The fourth-order valence-corrected chi connectivity index (χ4v) is 2.55. The number of halogens is 2. The SMILES string of the molecule is NC[C@@H](N)c1c(O)cc(Br)cc1Br. The summed E-state index contributed by atoms with van der Waals surface area (Å²) in [6.45, 7) is 0.299. The molecule has 1 rings (SSSR count). The molecule has 0 saturated carbocycles. The van der Waals surface area contributed by atoms with Crippen LogP contribution < -0.4 is 11.5 Å². The Balaban J connectivity index is 3.20. The van der Waals surface area contributed by atoms with Crippen molar-refractivity contribution in [2.45, 2.75) is 6.04 Å². The largest absolute Gasteiger partial charge is 0.508 e. The highest BCUT2D eigenvalue weighted by Crippen LogP contribution is 2.33. The quantitative estimate of drug-likeness (QED) is 0.781. The van der Waals surface area contributed by atoms with Gasteiger partial charge >= 0.3 is 0 Å². The lowest BCUT2D eigenvalue weighted by Gasteiger charge is -2.13. The number of benzene rings is 1. The molecule has 0 unspecified atom stereocenters. The van der Waals surface area contributed by atoms with E-state index in [-0.39, 0.29) is 11.8 Å². The first-order chi connectivity index (χ1) is 6.06. The number of hydrogen-bond donors (Lipinski definition) is 3. The Morgan fingerprint density at radius 2 is 2.00 bits per heavy atom. The van der Waals surface area contributed by atoms with Crippen molar-refractivity contribution in [3.63, 3.8) is 0 Å². The zero-order valence-corrected chi connectivity index (χ0v) is 9.97. The van der Waals surface area contributed by atoms with Crippen molar-refractivity contribution < 1.29 is 5.11 Å². The fraction of sp³-hybridized carbons (Fsp3) is 0.250. The van der Waals surface area contributed by atoms with Crippen LogP contribution in [-0.4, -0.2) is 11.7 Å². The first kappa shape index (κ1) is 11.0. The second kappa shape index (κ2) is 4.41. The van der Waals surface area contributed by atoms with Gasteiger partial charge in [-0.2, -0.15) is 0 Å². The Morgan fingerprint density at radius 1 is 1.38 bits per heavy atom. The zero-order valence-electron chi connectivity index (χ0n) is 6.80. The van der Waals surface area contributed by atoms with Crippen molar-refractivity contribution in [2.24, 2.45) is 11.5 Å². The molecule has 0 bridgehead atoms. The van der Waals surface area contributed by atoms with E-state index in [1.807, 2.05) is 6.07 Å². The maximum absolute atomic E-state index is 9.58. The van der Waals surface area contributed by atoms with Gasteiger partial charge in [-0.15, -0.1) is 0 Å². The van der Waals surface area contributed by atoms with Crippen molar-refractivity contribution in [3.05, 3.63) is 26.6 Å². The van der Waals surface area contributed by atoms with Gasteiger partial charge in [0.2, 0.25) is 0 Å². The monoisotopic (exact) mass is 308 g/mol. The van der Waals surface area contributed by atoms with Gasteiger partial charge in [0.1, 0.15) is 5.75 Å². The summed E-state index contributed by atoms with van der Waals surface area (Å²) in [4.78, 5) is 0. The minimum atomic E-state index is -0.345. The number of hydrogen-bond acceptors (Lipinski definition) is 3. The van der Waals surface area contributed by atoms with Crippen LogP contribution in [-0.2, 0) is 0 Å². The van der Waals surface area contributed by atoms with E-state index in [9.17, 15) is 5.11 Å². The van der Waals surface area contributed by atoms with Gasteiger partial charge in [-0.05, 0) is 12.1 Å². The van der Waals surface area contributed by atoms with Crippen LogP contribution in [0.3, 0.4) is 0 Å². The molecule has 1 aromatic carbocycles. The lowest BCUT2D eigenvalue weighted by atomic mass is 10.1. The molecule has 0 aliphatic heterocycles. The molecule has 0 fully saturated rings. The van der Waals surface area contributed by atoms with Gasteiger partial charge in [0, 0.05) is 27.1 Å². The molecular formula is C8H10Br2N2O. The van der Waals surface area contributed by atoms with E-state index in [1.165, 1.54) is 0 Å². The Kier molecular flexibility index (Phi) is 3.73. The molecule has 0 amide bonds. The van der Waals surface area contributed by atoms with Crippen molar-refractivity contribution in [1.29, 1.82) is 0 Å². The normalized spacial score (nSPS) is 12.9. The van der Waals surface area contributed by atoms with Crippen LogP contribution in [0.1, 0.15) is 11.6 Å².